The van der Waals surface area contributed by atoms with E-state index in [1.54, 1.807) is 12.1 Å². The highest BCUT2D eigenvalue weighted by Gasteiger charge is 2.01. The Hall–Kier alpha value is -0.890. The molecule has 0 aliphatic rings. The molecule has 0 bridgehead atoms. The van der Waals surface area contributed by atoms with Crippen LogP contribution < -0.4 is 5.32 Å². The summed E-state index contributed by atoms with van der Waals surface area (Å²) >= 11 is 0. The molecule has 0 spiro atoms. The van der Waals surface area contributed by atoms with Gasteiger partial charge in [-0.2, -0.15) is 0 Å². The van der Waals surface area contributed by atoms with Gasteiger partial charge in [-0.25, -0.2) is 4.39 Å². The summed E-state index contributed by atoms with van der Waals surface area (Å²) in [4.78, 5) is 0. The van der Waals surface area contributed by atoms with Crippen LogP contribution in [0.2, 0.25) is 0 Å². The minimum atomic E-state index is -0.176. The van der Waals surface area contributed by atoms with Gasteiger partial charge in [-0.15, -0.1) is 0 Å². The largest absolute Gasteiger partial charge is 0.313 e. The molecule has 0 radical (unpaired) electrons. The highest BCUT2D eigenvalue weighted by atomic mass is 19.1. The van der Waals surface area contributed by atoms with Crippen molar-refractivity contribution in [1.29, 1.82) is 0 Å². The Morgan fingerprint density at radius 1 is 1.45 bits per heavy atom. The van der Waals surface area contributed by atoms with E-state index in [1.807, 2.05) is 20.0 Å². The van der Waals surface area contributed by atoms with Gasteiger partial charge in [0, 0.05) is 6.04 Å². The van der Waals surface area contributed by atoms with Gasteiger partial charge in [0.15, 0.2) is 0 Å². The predicted molar refractivity (Wildman–Crippen MR) is 43.9 cm³/mol. The fourth-order valence-electron chi connectivity index (χ4n) is 0.943. The smallest absolute Gasteiger partial charge is 0.123 e. The Labute approximate surface area is 66.2 Å². The summed E-state index contributed by atoms with van der Waals surface area (Å²) in [5, 5.41) is 3.04. The Kier molecular flexibility index (Phi) is 2.60. The van der Waals surface area contributed by atoms with Crippen molar-refractivity contribution in [1.82, 2.24) is 5.32 Å². The second-order valence-electron chi connectivity index (χ2n) is 2.57. The van der Waals surface area contributed by atoms with Crippen LogP contribution in [0.3, 0.4) is 0 Å². The summed E-state index contributed by atoms with van der Waals surface area (Å²) in [7, 11) is 1.86. The number of hydrogen-bond donors (Lipinski definition) is 1. The lowest BCUT2D eigenvalue weighted by Gasteiger charge is -2.09. The van der Waals surface area contributed by atoms with Crippen LogP contribution in [0.1, 0.15) is 18.5 Å². The molecule has 0 aliphatic carbocycles. The van der Waals surface area contributed by atoms with Crippen LogP contribution in [0, 0.1) is 5.82 Å². The molecule has 1 atom stereocenters. The van der Waals surface area contributed by atoms with Gasteiger partial charge < -0.3 is 5.32 Å². The normalized spacial score (nSPS) is 13.0. The summed E-state index contributed by atoms with van der Waals surface area (Å²) in [6.45, 7) is 1.99. The van der Waals surface area contributed by atoms with E-state index >= 15 is 0 Å². The van der Waals surface area contributed by atoms with Gasteiger partial charge in [0.05, 0.1) is 0 Å². The van der Waals surface area contributed by atoms with Crippen molar-refractivity contribution < 1.29 is 4.39 Å². The van der Waals surface area contributed by atoms with Crippen LogP contribution in [-0.2, 0) is 0 Å². The monoisotopic (exact) mass is 153 g/mol. The molecule has 0 unspecified atom stereocenters. The third kappa shape index (κ3) is 2.02. The molecule has 0 heterocycles. The molecule has 1 nitrogen and oxygen atoms in total. The van der Waals surface area contributed by atoms with Crippen molar-refractivity contribution in [3.8, 4) is 0 Å². The van der Waals surface area contributed by atoms with E-state index in [2.05, 4.69) is 5.32 Å². The molecule has 60 valence electrons. The van der Waals surface area contributed by atoms with E-state index < -0.39 is 0 Å². The van der Waals surface area contributed by atoms with Gasteiger partial charge in [0.2, 0.25) is 0 Å². The minimum absolute atomic E-state index is 0.176. The number of benzene rings is 1. The van der Waals surface area contributed by atoms with E-state index in [0.717, 1.165) is 5.56 Å². The average Bonchev–Trinajstić information content (AvgIpc) is 2.03. The molecule has 1 N–H and O–H groups in total. The van der Waals surface area contributed by atoms with Crippen molar-refractivity contribution in [3.63, 3.8) is 0 Å². The molecular formula is C9H12FN. The first-order valence-corrected chi connectivity index (χ1v) is 3.67. The third-order valence-electron chi connectivity index (χ3n) is 1.78. The topological polar surface area (TPSA) is 12.0 Å². The standard InChI is InChI=1S/C9H12FN/c1-7(11-2)8-4-3-5-9(10)6-8/h3-7,11H,1-2H3/t7-/m0/s1. The molecule has 1 rings (SSSR count). The molecule has 0 saturated carbocycles. The van der Waals surface area contributed by atoms with E-state index in [9.17, 15) is 4.39 Å². The van der Waals surface area contributed by atoms with E-state index in [-0.39, 0.29) is 11.9 Å². The van der Waals surface area contributed by atoms with Gasteiger partial charge in [-0.05, 0) is 31.7 Å². The lowest BCUT2D eigenvalue weighted by Crippen LogP contribution is -2.12. The zero-order valence-corrected chi connectivity index (χ0v) is 6.76. The maximum absolute atomic E-state index is 12.6. The van der Waals surface area contributed by atoms with Crippen molar-refractivity contribution in [2.75, 3.05) is 7.05 Å². The summed E-state index contributed by atoms with van der Waals surface area (Å²) in [5.41, 5.74) is 0.979. The van der Waals surface area contributed by atoms with Crippen molar-refractivity contribution in [2.45, 2.75) is 13.0 Å². The third-order valence-corrected chi connectivity index (χ3v) is 1.78. The Morgan fingerprint density at radius 3 is 2.73 bits per heavy atom. The number of rotatable bonds is 2. The number of hydrogen-bond acceptors (Lipinski definition) is 1. The second kappa shape index (κ2) is 3.49. The molecule has 0 aromatic heterocycles. The minimum Gasteiger partial charge on any atom is -0.313 e. The molecule has 2 heteroatoms. The van der Waals surface area contributed by atoms with Crippen molar-refractivity contribution in [3.05, 3.63) is 35.6 Å². The van der Waals surface area contributed by atoms with Crippen LogP contribution >= 0.6 is 0 Å². The van der Waals surface area contributed by atoms with Gasteiger partial charge in [-0.1, -0.05) is 12.1 Å². The first-order chi connectivity index (χ1) is 5.24. The quantitative estimate of drug-likeness (QED) is 0.686. The van der Waals surface area contributed by atoms with Crippen LogP contribution in [0.5, 0.6) is 0 Å². The van der Waals surface area contributed by atoms with Crippen molar-refractivity contribution >= 4 is 0 Å². The summed E-state index contributed by atoms with van der Waals surface area (Å²) in [6, 6.07) is 6.83. The fraction of sp³-hybridized carbons (Fsp3) is 0.333. The SMILES string of the molecule is CN[C@@H](C)c1cccc(F)c1. The molecule has 11 heavy (non-hydrogen) atoms. The van der Waals surface area contributed by atoms with Crippen molar-refractivity contribution in [2.24, 2.45) is 0 Å². The second-order valence-corrected chi connectivity index (χ2v) is 2.57. The summed E-state index contributed by atoms with van der Waals surface area (Å²) in [5.74, 6) is -0.176. The molecule has 1 aromatic carbocycles. The lowest BCUT2D eigenvalue weighted by atomic mass is 10.1. The highest BCUT2D eigenvalue weighted by molar-refractivity contribution is 5.19. The zero-order valence-electron chi connectivity index (χ0n) is 6.76. The summed E-state index contributed by atoms with van der Waals surface area (Å²) < 4.78 is 12.6. The van der Waals surface area contributed by atoms with Gasteiger partial charge in [0.25, 0.3) is 0 Å². The number of halogens is 1. The lowest BCUT2D eigenvalue weighted by molar-refractivity contribution is 0.608. The van der Waals surface area contributed by atoms with Gasteiger partial charge in [-0.3, -0.25) is 0 Å². The highest BCUT2D eigenvalue weighted by Crippen LogP contribution is 2.11. The maximum atomic E-state index is 12.6. The van der Waals surface area contributed by atoms with E-state index in [0.29, 0.717) is 0 Å². The summed E-state index contributed by atoms with van der Waals surface area (Å²) in [6.07, 6.45) is 0. The molecule has 0 amide bonds. The average molecular weight is 153 g/mol. The number of nitrogens with one attached hydrogen (secondary N) is 1. The molecular weight excluding hydrogens is 141 g/mol. The van der Waals surface area contributed by atoms with Crippen LogP contribution in [0.15, 0.2) is 24.3 Å². The first kappa shape index (κ1) is 8.21. The molecule has 1 aromatic rings. The van der Waals surface area contributed by atoms with Gasteiger partial charge in [0.1, 0.15) is 5.82 Å². The Balaban J connectivity index is 2.86. The van der Waals surface area contributed by atoms with Crippen LogP contribution in [0.25, 0.3) is 0 Å². The molecule has 0 fully saturated rings. The van der Waals surface area contributed by atoms with Crippen LogP contribution in [-0.4, -0.2) is 7.05 Å². The molecule has 0 aliphatic heterocycles. The van der Waals surface area contributed by atoms with Crippen LogP contribution in [0.4, 0.5) is 4.39 Å². The zero-order chi connectivity index (χ0) is 8.27. The Morgan fingerprint density at radius 2 is 2.18 bits per heavy atom. The predicted octanol–water partition coefficient (Wildman–Crippen LogP) is 2.11. The van der Waals surface area contributed by atoms with E-state index in [4.69, 9.17) is 0 Å². The van der Waals surface area contributed by atoms with Gasteiger partial charge >= 0.3 is 0 Å². The first-order valence-electron chi connectivity index (χ1n) is 3.67. The fourth-order valence-corrected chi connectivity index (χ4v) is 0.943. The van der Waals surface area contributed by atoms with E-state index in [1.165, 1.54) is 6.07 Å². The molecule has 0 saturated heterocycles. The Bertz CT molecular complexity index is 235. The maximum Gasteiger partial charge on any atom is 0.123 e.